The standard InChI is InChI=1S/C27H27ClF2N8O/c1-17-18(7-31)2-5-23(32-17)36-12-26(13-36)14-37(15-26)25-34-33-24-9-35(16-27(29,30)20-10-39-11-20)8-19-6-21(28)3-4-22(19)38(24)25/h2-6,20H,8-16H2,1H3. The summed E-state index contributed by atoms with van der Waals surface area (Å²) >= 11 is 6.33. The number of halogens is 3. The van der Waals surface area contributed by atoms with E-state index in [0.29, 0.717) is 23.0 Å². The van der Waals surface area contributed by atoms with Crippen molar-refractivity contribution in [2.24, 2.45) is 11.3 Å². The lowest BCUT2D eigenvalue weighted by molar-refractivity contribution is -0.179. The van der Waals surface area contributed by atoms with Crippen molar-refractivity contribution < 1.29 is 13.5 Å². The Balaban J connectivity index is 1.10. The smallest absolute Gasteiger partial charge is 0.267 e. The van der Waals surface area contributed by atoms with Crippen LogP contribution in [-0.2, 0) is 17.8 Å². The molecule has 0 amide bonds. The average Bonchev–Trinajstić information content (AvgIpc) is 3.11. The first-order valence-electron chi connectivity index (χ1n) is 13.0. The summed E-state index contributed by atoms with van der Waals surface area (Å²) in [6.07, 6.45) is 0. The lowest BCUT2D eigenvalue weighted by Crippen LogP contribution is -2.73. The average molecular weight is 553 g/mol. The molecule has 202 valence electrons. The maximum atomic E-state index is 14.9. The quantitative estimate of drug-likeness (QED) is 0.476. The van der Waals surface area contributed by atoms with Gasteiger partial charge in [-0.3, -0.25) is 9.47 Å². The van der Waals surface area contributed by atoms with Gasteiger partial charge >= 0.3 is 0 Å². The molecule has 0 aliphatic carbocycles. The Morgan fingerprint density at radius 3 is 2.56 bits per heavy atom. The molecule has 0 N–H and O–H groups in total. The minimum atomic E-state index is -2.85. The van der Waals surface area contributed by atoms with Crippen molar-refractivity contribution in [2.45, 2.75) is 25.9 Å². The summed E-state index contributed by atoms with van der Waals surface area (Å²) in [6.45, 7) is 5.68. The molecule has 9 nitrogen and oxygen atoms in total. The van der Waals surface area contributed by atoms with Gasteiger partial charge in [-0.25, -0.2) is 13.8 Å². The van der Waals surface area contributed by atoms with Gasteiger partial charge in [-0.2, -0.15) is 5.26 Å². The monoisotopic (exact) mass is 552 g/mol. The van der Waals surface area contributed by atoms with Crippen LogP contribution in [0.15, 0.2) is 30.3 Å². The molecule has 0 bridgehead atoms. The first-order chi connectivity index (χ1) is 18.7. The number of nitrogens with zero attached hydrogens (tertiary/aromatic N) is 8. The zero-order valence-corrected chi connectivity index (χ0v) is 22.2. The van der Waals surface area contributed by atoms with Gasteiger partial charge in [0.15, 0.2) is 5.82 Å². The fourth-order valence-electron chi connectivity index (χ4n) is 6.15. The summed E-state index contributed by atoms with van der Waals surface area (Å²) in [6, 6.07) is 11.5. The Morgan fingerprint density at radius 1 is 1.10 bits per heavy atom. The largest absolute Gasteiger partial charge is 0.380 e. The summed E-state index contributed by atoms with van der Waals surface area (Å²) in [7, 11) is 0. The second-order valence-electron chi connectivity index (χ2n) is 11.3. The molecule has 0 unspecified atom stereocenters. The number of fused-ring (bicyclic) bond motifs is 3. The van der Waals surface area contributed by atoms with Gasteiger partial charge in [-0.05, 0) is 42.8 Å². The normalized spacial score (nSPS) is 20.4. The molecule has 4 aliphatic heterocycles. The zero-order valence-electron chi connectivity index (χ0n) is 21.4. The number of hydrogen-bond donors (Lipinski definition) is 0. The van der Waals surface area contributed by atoms with Gasteiger partial charge in [0.05, 0.1) is 49.2 Å². The van der Waals surface area contributed by atoms with Crippen LogP contribution in [0.3, 0.4) is 0 Å². The van der Waals surface area contributed by atoms with Crippen LogP contribution in [0.5, 0.6) is 0 Å². The van der Waals surface area contributed by atoms with E-state index < -0.39 is 11.8 Å². The molecular weight excluding hydrogens is 526 g/mol. The van der Waals surface area contributed by atoms with Crippen molar-refractivity contribution in [3.8, 4) is 11.8 Å². The number of ether oxygens (including phenoxy) is 1. The van der Waals surface area contributed by atoms with E-state index in [1.165, 1.54) is 0 Å². The van der Waals surface area contributed by atoms with Crippen molar-refractivity contribution in [1.82, 2.24) is 24.6 Å². The Kier molecular flexibility index (Phi) is 5.60. The van der Waals surface area contributed by atoms with E-state index in [4.69, 9.17) is 16.3 Å². The molecule has 1 spiro atoms. The van der Waals surface area contributed by atoms with Gasteiger partial charge < -0.3 is 14.5 Å². The topological polar surface area (TPSA) is 86.3 Å². The molecule has 1 aromatic carbocycles. The Hall–Kier alpha value is -3.33. The fourth-order valence-corrected chi connectivity index (χ4v) is 6.34. The van der Waals surface area contributed by atoms with Crippen molar-refractivity contribution in [1.29, 1.82) is 5.26 Å². The molecule has 0 saturated carbocycles. The highest BCUT2D eigenvalue weighted by Crippen LogP contribution is 2.44. The van der Waals surface area contributed by atoms with Crippen LogP contribution < -0.4 is 9.80 Å². The molecule has 3 aromatic rings. The van der Waals surface area contributed by atoms with E-state index in [1.54, 1.807) is 4.90 Å². The molecule has 3 fully saturated rings. The van der Waals surface area contributed by atoms with E-state index in [9.17, 15) is 14.0 Å². The third-order valence-corrected chi connectivity index (χ3v) is 8.56. The molecule has 39 heavy (non-hydrogen) atoms. The van der Waals surface area contributed by atoms with Crippen molar-refractivity contribution in [3.63, 3.8) is 0 Å². The van der Waals surface area contributed by atoms with Crippen LogP contribution >= 0.6 is 11.6 Å². The van der Waals surface area contributed by atoms with Gasteiger partial charge in [0.2, 0.25) is 5.95 Å². The molecule has 0 atom stereocenters. The summed E-state index contributed by atoms with van der Waals surface area (Å²) in [5.41, 5.74) is 3.22. The van der Waals surface area contributed by atoms with E-state index in [0.717, 1.165) is 54.9 Å². The number of hydrogen-bond acceptors (Lipinski definition) is 8. The molecule has 7 rings (SSSR count). The molecule has 2 aromatic heterocycles. The minimum absolute atomic E-state index is 0.0958. The Labute approximate surface area is 229 Å². The highest BCUT2D eigenvalue weighted by atomic mass is 35.5. The number of anilines is 2. The van der Waals surface area contributed by atoms with Crippen LogP contribution in [0.1, 0.15) is 22.6 Å². The summed E-state index contributed by atoms with van der Waals surface area (Å²) < 4.78 is 36.9. The first kappa shape index (κ1) is 24.7. The molecule has 12 heteroatoms. The Bertz CT molecular complexity index is 1490. The van der Waals surface area contributed by atoms with Crippen molar-refractivity contribution in [3.05, 3.63) is 58.0 Å². The number of nitriles is 1. The van der Waals surface area contributed by atoms with Crippen LogP contribution in [0, 0.1) is 29.6 Å². The summed E-state index contributed by atoms with van der Waals surface area (Å²) in [4.78, 5) is 10.8. The van der Waals surface area contributed by atoms with Crippen LogP contribution in [0.25, 0.3) is 5.69 Å². The van der Waals surface area contributed by atoms with E-state index in [1.807, 2.05) is 41.8 Å². The first-order valence-corrected chi connectivity index (χ1v) is 13.4. The number of pyridine rings is 1. The van der Waals surface area contributed by atoms with Crippen LogP contribution in [0.2, 0.25) is 5.02 Å². The lowest BCUT2D eigenvalue weighted by Gasteiger charge is -2.60. The van der Waals surface area contributed by atoms with Gasteiger partial charge in [0.1, 0.15) is 11.9 Å². The summed E-state index contributed by atoms with van der Waals surface area (Å²) in [5.74, 6) is -1.35. The number of aromatic nitrogens is 4. The zero-order chi connectivity index (χ0) is 26.9. The van der Waals surface area contributed by atoms with Crippen LogP contribution in [0.4, 0.5) is 20.5 Å². The number of alkyl halides is 2. The molecule has 4 aliphatic rings. The maximum Gasteiger partial charge on any atom is 0.267 e. The predicted molar refractivity (Wildman–Crippen MR) is 140 cm³/mol. The highest BCUT2D eigenvalue weighted by Gasteiger charge is 2.53. The van der Waals surface area contributed by atoms with Gasteiger partial charge in [-0.1, -0.05) is 11.6 Å². The number of aryl methyl sites for hydroxylation is 1. The van der Waals surface area contributed by atoms with Crippen molar-refractivity contribution >= 4 is 23.4 Å². The van der Waals surface area contributed by atoms with E-state index >= 15 is 0 Å². The number of rotatable bonds is 5. The molecule has 3 saturated heterocycles. The summed E-state index contributed by atoms with van der Waals surface area (Å²) in [5, 5.41) is 18.7. The Morgan fingerprint density at radius 2 is 1.87 bits per heavy atom. The van der Waals surface area contributed by atoms with Gasteiger partial charge in [0, 0.05) is 43.2 Å². The van der Waals surface area contributed by atoms with E-state index in [2.05, 4.69) is 31.1 Å². The van der Waals surface area contributed by atoms with Crippen molar-refractivity contribution in [2.75, 3.05) is 55.7 Å². The molecular formula is C27H27ClF2N8O. The van der Waals surface area contributed by atoms with Gasteiger partial charge in [0.25, 0.3) is 5.92 Å². The highest BCUT2D eigenvalue weighted by molar-refractivity contribution is 6.30. The minimum Gasteiger partial charge on any atom is -0.380 e. The van der Waals surface area contributed by atoms with Gasteiger partial charge in [-0.15, -0.1) is 10.2 Å². The molecule has 0 radical (unpaired) electrons. The SMILES string of the molecule is Cc1nc(N2CC3(C2)CN(c2nnc4n2-c2ccc(Cl)cc2CN(CC(F)(F)C2COC2)C4)C3)ccc1C#N. The predicted octanol–water partition coefficient (Wildman–Crippen LogP) is 3.42. The third kappa shape index (κ3) is 4.13. The molecule has 6 heterocycles. The second kappa shape index (κ2) is 8.84. The van der Waals surface area contributed by atoms with E-state index in [-0.39, 0.29) is 31.7 Å². The third-order valence-electron chi connectivity index (χ3n) is 8.33. The second-order valence-corrected chi connectivity index (χ2v) is 11.7. The lowest BCUT2D eigenvalue weighted by atomic mass is 9.73. The fraction of sp³-hybridized carbons (Fsp3) is 0.481. The maximum absolute atomic E-state index is 14.9. The van der Waals surface area contributed by atoms with Crippen LogP contribution in [-0.4, -0.2) is 76.5 Å². The number of benzene rings is 1.